The molecule has 0 radical (unpaired) electrons. The molecule has 1 aromatic rings. The quantitative estimate of drug-likeness (QED) is 0.702. The number of hydrogen-bond donors (Lipinski definition) is 0. The summed E-state index contributed by atoms with van der Waals surface area (Å²) in [6.07, 6.45) is 2.81. The van der Waals surface area contributed by atoms with Gasteiger partial charge in [-0.3, -0.25) is 4.79 Å². The molecule has 0 saturated heterocycles. The van der Waals surface area contributed by atoms with Gasteiger partial charge in [0.2, 0.25) is 0 Å². The molecule has 0 aliphatic heterocycles. The maximum absolute atomic E-state index is 12.7. The molecule has 1 aliphatic carbocycles. The first-order chi connectivity index (χ1) is 6.66. The zero-order valence-electron chi connectivity index (χ0n) is 7.59. The van der Waals surface area contributed by atoms with Gasteiger partial charge in [-0.1, -0.05) is 11.6 Å². The van der Waals surface area contributed by atoms with E-state index in [2.05, 4.69) is 0 Å². The van der Waals surface area contributed by atoms with Crippen LogP contribution in [0.4, 0.5) is 4.39 Å². The summed E-state index contributed by atoms with van der Waals surface area (Å²) in [5, 5.41) is 0.218. The number of halogens is 2. The predicted octanol–water partition coefficient (Wildman–Crippen LogP) is 3.46. The number of Topliss-reactive ketones (excluding diaryl/α,β-unsaturated/α-hetero) is 1. The second-order valence-electron chi connectivity index (χ2n) is 3.69. The Labute approximate surface area is 86.9 Å². The maximum atomic E-state index is 12.7. The average molecular weight is 213 g/mol. The Kier molecular flexibility index (Phi) is 2.55. The van der Waals surface area contributed by atoms with Gasteiger partial charge in [0.25, 0.3) is 0 Å². The summed E-state index contributed by atoms with van der Waals surface area (Å²) in [6, 6.07) is 3.91. The Morgan fingerprint density at radius 2 is 2.21 bits per heavy atom. The minimum Gasteiger partial charge on any atom is -0.294 e. The summed E-state index contributed by atoms with van der Waals surface area (Å²) >= 11 is 5.77. The molecule has 3 heteroatoms. The molecular formula is C11H10ClFO. The third kappa shape index (κ3) is 2.13. The van der Waals surface area contributed by atoms with Crippen LogP contribution >= 0.6 is 11.6 Å². The number of carbonyl (C=O) groups excluding carboxylic acids is 1. The molecule has 74 valence electrons. The van der Waals surface area contributed by atoms with Crippen LogP contribution in [-0.2, 0) is 0 Å². The van der Waals surface area contributed by atoms with Crippen LogP contribution < -0.4 is 0 Å². The fourth-order valence-electron chi connectivity index (χ4n) is 1.41. The normalized spacial score (nSPS) is 15.6. The van der Waals surface area contributed by atoms with Crippen molar-refractivity contribution in [3.8, 4) is 0 Å². The number of carbonyl (C=O) groups is 1. The molecule has 0 aromatic heterocycles. The van der Waals surface area contributed by atoms with E-state index in [9.17, 15) is 9.18 Å². The summed E-state index contributed by atoms with van der Waals surface area (Å²) in [5.74, 6) is 0.152. The van der Waals surface area contributed by atoms with Gasteiger partial charge in [-0.25, -0.2) is 4.39 Å². The molecule has 0 heterocycles. The van der Waals surface area contributed by atoms with Crippen LogP contribution in [0, 0.1) is 11.7 Å². The van der Waals surface area contributed by atoms with Crippen LogP contribution in [0.1, 0.15) is 29.6 Å². The van der Waals surface area contributed by atoms with E-state index >= 15 is 0 Å². The first kappa shape index (κ1) is 9.66. The fourth-order valence-corrected chi connectivity index (χ4v) is 1.68. The van der Waals surface area contributed by atoms with E-state index in [0.717, 1.165) is 12.8 Å². The Morgan fingerprint density at radius 1 is 1.50 bits per heavy atom. The molecule has 1 aromatic carbocycles. The number of rotatable bonds is 3. The van der Waals surface area contributed by atoms with Crippen LogP contribution in [0.5, 0.6) is 0 Å². The third-order valence-corrected chi connectivity index (χ3v) is 2.72. The smallest absolute Gasteiger partial charge is 0.164 e. The van der Waals surface area contributed by atoms with Crippen molar-refractivity contribution in [1.82, 2.24) is 0 Å². The Bertz CT molecular complexity index is 372. The molecule has 1 aliphatic rings. The highest BCUT2D eigenvalue weighted by Gasteiger charge is 2.25. The van der Waals surface area contributed by atoms with Gasteiger partial charge in [-0.2, -0.15) is 0 Å². The predicted molar refractivity (Wildman–Crippen MR) is 53.1 cm³/mol. The first-order valence-electron chi connectivity index (χ1n) is 4.65. The minimum absolute atomic E-state index is 0.0255. The van der Waals surface area contributed by atoms with Crippen molar-refractivity contribution < 1.29 is 9.18 Å². The summed E-state index contributed by atoms with van der Waals surface area (Å²) in [4.78, 5) is 11.6. The van der Waals surface area contributed by atoms with E-state index in [1.807, 2.05) is 0 Å². The number of ketones is 1. The summed E-state index contributed by atoms with van der Waals surface area (Å²) in [7, 11) is 0. The lowest BCUT2D eigenvalue weighted by molar-refractivity contribution is 0.0976. The van der Waals surface area contributed by atoms with Gasteiger partial charge in [-0.05, 0) is 37.0 Å². The largest absolute Gasteiger partial charge is 0.294 e. The monoisotopic (exact) mass is 212 g/mol. The summed E-state index contributed by atoms with van der Waals surface area (Å²) < 4.78 is 12.7. The Morgan fingerprint density at radius 3 is 2.79 bits per heavy atom. The van der Waals surface area contributed by atoms with Crippen molar-refractivity contribution in [2.45, 2.75) is 19.3 Å². The molecule has 0 N–H and O–H groups in total. The van der Waals surface area contributed by atoms with Gasteiger partial charge >= 0.3 is 0 Å². The SMILES string of the molecule is O=C(CC1CC1)c1ccc(F)cc1Cl. The summed E-state index contributed by atoms with van der Waals surface area (Å²) in [5.41, 5.74) is 0.444. The van der Waals surface area contributed by atoms with Crippen LogP contribution in [0.2, 0.25) is 5.02 Å². The van der Waals surface area contributed by atoms with Crippen LogP contribution in [0.15, 0.2) is 18.2 Å². The first-order valence-corrected chi connectivity index (χ1v) is 5.03. The molecule has 1 nitrogen and oxygen atoms in total. The van der Waals surface area contributed by atoms with E-state index in [4.69, 9.17) is 11.6 Å². The average Bonchev–Trinajstić information content (AvgIpc) is 2.87. The van der Waals surface area contributed by atoms with Gasteiger partial charge < -0.3 is 0 Å². The zero-order valence-corrected chi connectivity index (χ0v) is 8.35. The highest BCUT2D eigenvalue weighted by Crippen LogP contribution is 2.34. The molecule has 14 heavy (non-hydrogen) atoms. The zero-order chi connectivity index (χ0) is 10.1. The fraction of sp³-hybridized carbons (Fsp3) is 0.364. The molecule has 0 spiro atoms. The minimum atomic E-state index is -0.405. The number of hydrogen-bond acceptors (Lipinski definition) is 1. The Hall–Kier alpha value is -0.890. The second-order valence-corrected chi connectivity index (χ2v) is 4.10. The van der Waals surface area contributed by atoms with Gasteiger partial charge in [0, 0.05) is 12.0 Å². The standard InChI is InChI=1S/C11H10ClFO/c12-10-6-8(13)3-4-9(10)11(14)5-7-1-2-7/h3-4,6-7H,1-2,5H2. The highest BCUT2D eigenvalue weighted by atomic mass is 35.5. The van der Waals surface area contributed by atoms with E-state index in [1.165, 1.54) is 18.2 Å². The lowest BCUT2D eigenvalue weighted by Gasteiger charge is -2.02. The van der Waals surface area contributed by atoms with Crippen molar-refractivity contribution in [1.29, 1.82) is 0 Å². The second kappa shape index (κ2) is 3.70. The maximum Gasteiger partial charge on any atom is 0.164 e. The molecule has 1 fully saturated rings. The third-order valence-electron chi connectivity index (χ3n) is 2.40. The van der Waals surface area contributed by atoms with Crippen molar-refractivity contribution in [3.05, 3.63) is 34.6 Å². The van der Waals surface area contributed by atoms with Crippen LogP contribution in [-0.4, -0.2) is 5.78 Å². The van der Waals surface area contributed by atoms with E-state index in [-0.39, 0.29) is 10.8 Å². The van der Waals surface area contributed by atoms with Gasteiger partial charge in [0.1, 0.15) is 5.82 Å². The van der Waals surface area contributed by atoms with Crippen molar-refractivity contribution in [3.63, 3.8) is 0 Å². The molecule has 0 bridgehead atoms. The highest BCUT2D eigenvalue weighted by molar-refractivity contribution is 6.33. The summed E-state index contributed by atoms with van der Waals surface area (Å²) in [6.45, 7) is 0. The van der Waals surface area contributed by atoms with Crippen molar-refractivity contribution in [2.24, 2.45) is 5.92 Å². The molecule has 0 amide bonds. The molecular weight excluding hydrogens is 203 g/mol. The van der Waals surface area contributed by atoms with Gasteiger partial charge in [0.15, 0.2) is 5.78 Å². The van der Waals surface area contributed by atoms with Gasteiger partial charge in [0.05, 0.1) is 5.02 Å². The van der Waals surface area contributed by atoms with E-state index < -0.39 is 5.82 Å². The van der Waals surface area contributed by atoms with E-state index in [1.54, 1.807) is 0 Å². The molecule has 2 rings (SSSR count). The molecule has 1 saturated carbocycles. The number of benzene rings is 1. The van der Waals surface area contributed by atoms with Gasteiger partial charge in [-0.15, -0.1) is 0 Å². The van der Waals surface area contributed by atoms with E-state index in [0.29, 0.717) is 17.9 Å². The lowest BCUT2D eigenvalue weighted by Crippen LogP contribution is -2.01. The molecule has 0 atom stereocenters. The van der Waals surface area contributed by atoms with Crippen molar-refractivity contribution >= 4 is 17.4 Å². The molecule has 0 unspecified atom stereocenters. The van der Waals surface area contributed by atoms with Crippen LogP contribution in [0.25, 0.3) is 0 Å². The van der Waals surface area contributed by atoms with Crippen molar-refractivity contribution in [2.75, 3.05) is 0 Å². The Balaban J connectivity index is 2.17. The lowest BCUT2D eigenvalue weighted by atomic mass is 10.1. The topological polar surface area (TPSA) is 17.1 Å². The van der Waals surface area contributed by atoms with Crippen LogP contribution in [0.3, 0.4) is 0 Å².